The Hall–Kier alpha value is -4.30. The van der Waals surface area contributed by atoms with Crippen LogP contribution in [-0.4, -0.2) is 33.0 Å². The molecule has 0 spiro atoms. The van der Waals surface area contributed by atoms with Gasteiger partial charge in [-0.3, -0.25) is 14.5 Å². The quantitative estimate of drug-likeness (QED) is 0.440. The first kappa shape index (κ1) is 22.2. The van der Waals surface area contributed by atoms with Crippen molar-refractivity contribution in [2.75, 3.05) is 18.0 Å². The predicted molar refractivity (Wildman–Crippen MR) is 139 cm³/mol. The van der Waals surface area contributed by atoms with Crippen molar-refractivity contribution in [3.05, 3.63) is 108 Å². The van der Waals surface area contributed by atoms with E-state index < -0.39 is 16.1 Å². The van der Waals surface area contributed by atoms with Gasteiger partial charge >= 0.3 is 0 Å². The summed E-state index contributed by atoms with van der Waals surface area (Å²) in [6, 6.07) is 27.4. The average molecular weight is 498 g/mol. The van der Waals surface area contributed by atoms with Crippen molar-refractivity contribution < 1.29 is 17.9 Å². The van der Waals surface area contributed by atoms with Gasteiger partial charge in [-0.05, 0) is 46.9 Å². The van der Waals surface area contributed by atoms with E-state index in [1.807, 2.05) is 78.9 Å². The Bertz CT molecular complexity index is 1610. The topological polar surface area (TPSA) is 79.0 Å². The van der Waals surface area contributed by atoms with Crippen LogP contribution in [0.25, 0.3) is 16.5 Å². The van der Waals surface area contributed by atoms with Gasteiger partial charge in [0.05, 0.1) is 29.4 Å². The van der Waals surface area contributed by atoms with E-state index in [4.69, 9.17) is 4.74 Å². The first-order valence-corrected chi connectivity index (χ1v) is 13.0. The van der Waals surface area contributed by atoms with Crippen molar-refractivity contribution in [2.45, 2.75) is 10.9 Å². The smallest absolute Gasteiger partial charge is 0.265 e. The average Bonchev–Trinajstić information content (AvgIpc) is 3.45. The van der Waals surface area contributed by atoms with Gasteiger partial charge in [-0.25, -0.2) is 13.4 Å². The molecule has 1 atom stereocenters. The van der Waals surface area contributed by atoms with Gasteiger partial charge in [0.1, 0.15) is 12.3 Å². The van der Waals surface area contributed by atoms with Crippen molar-refractivity contribution in [2.24, 2.45) is 0 Å². The number of sulfonamides is 1. The molecule has 2 heterocycles. The molecule has 0 aromatic heterocycles. The summed E-state index contributed by atoms with van der Waals surface area (Å²) in [4.78, 5) is 14.0. The number of hydrogen-bond donors (Lipinski definition) is 1. The molecule has 0 unspecified atom stereocenters. The molecule has 36 heavy (non-hydrogen) atoms. The standard InChI is InChI=1S/C28H23N3O4S/c1-35-22-15-13-20(14-16-22)25-17-23(19-7-3-2-4-8-19)29-31(25)27(32)18-30-24-11-5-9-21-10-6-12-26(28(21)24)36(30,33)34/h2-17,25,29H,18H2,1H3/t25-/m1/s1. The number of anilines is 1. The van der Waals surface area contributed by atoms with Crippen molar-refractivity contribution in [3.8, 4) is 5.75 Å². The molecular weight excluding hydrogens is 474 g/mol. The summed E-state index contributed by atoms with van der Waals surface area (Å²) in [5.41, 5.74) is 6.32. The van der Waals surface area contributed by atoms with E-state index in [0.717, 1.165) is 22.2 Å². The highest BCUT2D eigenvalue weighted by molar-refractivity contribution is 7.93. The lowest BCUT2D eigenvalue weighted by Gasteiger charge is -2.28. The molecule has 2 aliphatic heterocycles. The molecule has 180 valence electrons. The molecule has 1 amide bonds. The summed E-state index contributed by atoms with van der Waals surface area (Å²) >= 11 is 0. The van der Waals surface area contributed by atoms with Crippen LogP contribution in [0.4, 0.5) is 5.69 Å². The Kier molecular flexibility index (Phi) is 5.19. The summed E-state index contributed by atoms with van der Waals surface area (Å²) in [5, 5.41) is 2.98. The van der Waals surface area contributed by atoms with E-state index in [-0.39, 0.29) is 17.3 Å². The lowest BCUT2D eigenvalue weighted by Crippen LogP contribution is -2.46. The SMILES string of the molecule is COc1ccc([C@H]2C=C(c3ccccc3)NN2C(=O)CN2c3cccc4cccc(c34)S2(=O)=O)cc1. The molecule has 0 radical (unpaired) electrons. The molecule has 0 aliphatic carbocycles. The largest absolute Gasteiger partial charge is 0.497 e. The molecular formula is C28H23N3O4S. The molecule has 1 N–H and O–H groups in total. The molecule has 4 aromatic rings. The summed E-state index contributed by atoms with van der Waals surface area (Å²) in [7, 11) is -2.25. The Labute approximate surface area is 209 Å². The van der Waals surface area contributed by atoms with E-state index in [2.05, 4.69) is 5.43 Å². The fraction of sp³-hybridized carbons (Fsp3) is 0.107. The number of carbonyl (C=O) groups excluding carboxylic acids is 1. The third-order valence-electron chi connectivity index (χ3n) is 6.61. The molecule has 7 nitrogen and oxygen atoms in total. The van der Waals surface area contributed by atoms with Crippen LogP contribution in [0.15, 0.2) is 102 Å². The maximum atomic E-state index is 13.7. The molecule has 0 saturated carbocycles. The number of benzene rings is 4. The van der Waals surface area contributed by atoms with Gasteiger partial charge in [-0.2, -0.15) is 0 Å². The fourth-order valence-corrected chi connectivity index (χ4v) is 6.50. The zero-order valence-corrected chi connectivity index (χ0v) is 20.3. The summed E-state index contributed by atoms with van der Waals surface area (Å²) in [6.45, 7) is -0.328. The lowest BCUT2D eigenvalue weighted by atomic mass is 10.0. The van der Waals surface area contributed by atoms with Crippen LogP contribution in [0.5, 0.6) is 5.75 Å². The number of methoxy groups -OCH3 is 1. The second-order valence-corrected chi connectivity index (χ2v) is 10.5. The minimum atomic E-state index is -3.86. The zero-order valence-electron chi connectivity index (χ0n) is 19.5. The van der Waals surface area contributed by atoms with E-state index in [0.29, 0.717) is 16.8 Å². The van der Waals surface area contributed by atoms with E-state index in [9.17, 15) is 13.2 Å². The lowest BCUT2D eigenvalue weighted by molar-refractivity contribution is -0.132. The van der Waals surface area contributed by atoms with Crippen molar-refractivity contribution >= 4 is 38.1 Å². The van der Waals surface area contributed by atoms with Crippen LogP contribution < -0.4 is 14.5 Å². The monoisotopic (exact) mass is 497 g/mol. The van der Waals surface area contributed by atoms with Crippen molar-refractivity contribution in [3.63, 3.8) is 0 Å². The maximum absolute atomic E-state index is 13.7. The maximum Gasteiger partial charge on any atom is 0.265 e. The zero-order chi connectivity index (χ0) is 24.9. The number of nitrogens with zero attached hydrogens (tertiary/aromatic N) is 2. The molecule has 0 fully saturated rings. The summed E-state index contributed by atoms with van der Waals surface area (Å²) in [5.74, 6) is 0.343. The van der Waals surface area contributed by atoms with Gasteiger partial charge in [0, 0.05) is 5.39 Å². The van der Waals surface area contributed by atoms with Crippen LogP contribution in [-0.2, 0) is 14.8 Å². The minimum Gasteiger partial charge on any atom is -0.497 e. The van der Waals surface area contributed by atoms with Crippen LogP contribution in [0.3, 0.4) is 0 Å². The Balaban J connectivity index is 1.36. The van der Waals surface area contributed by atoms with Crippen LogP contribution >= 0.6 is 0 Å². The van der Waals surface area contributed by atoms with Gasteiger partial charge in [0.2, 0.25) is 0 Å². The molecule has 2 aliphatic rings. The van der Waals surface area contributed by atoms with Crippen LogP contribution in [0.1, 0.15) is 17.2 Å². The Morgan fingerprint density at radius 2 is 1.64 bits per heavy atom. The van der Waals surface area contributed by atoms with Crippen LogP contribution in [0.2, 0.25) is 0 Å². The highest BCUT2D eigenvalue weighted by Gasteiger charge is 2.39. The predicted octanol–water partition coefficient (Wildman–Crippen LogP) is 4.49. The second kappa shape index (κ2) is 8.42. The van der Waals surface area contributed by atoms with Gasteiger partial charge in [-0.15, -0.1) is 0 Å². The second-order valence-electron chi connectivity index (χ2n) is 8.68. The fourth-order valence-electron chi connectivity index (χ4n) is 4.84. The highest BCUT2D eigenvalue weighted by Crippen LogP contribution is 2.42. The number of hydrazine groups is 1. The Morgan fingerprint density at radius 1 is 0.917 bits per heavy atom. The number of amides is 1. The third-order valence-corrected chi connectivity index (χ3v) is 8.42. The van der Waals surface area contributed by atoms with Gasteiger partial charge in [0.15, 0.2) is 0 Å². The third kappa shape index (κ3) is 3.49. The first-order valence-electron chi connectivity index (χ1n) is 11.5. The molecule has 8 heteroatoms. The minimum absolute atomic E-state index is 0.229. The summed E-state index contributed by atoms with van der Waals surface area (Å²) < 4.78 is 33.4. The molecule has 6 rings (SSSR count). The molecule has 0 saturated heterocycles. The van der Waals surface area contributed by atoms with Crippen molar-refractivity contribution in [1.82, 2.24) is 10.4 Å². The normalized spacial score (nSPS) is 17.7. The van der Waals surface area contributed by atoms with Crippen molar-refractivity contribution in [1.29, 1.82) is 0 Å². The molecule has 4 aromatic carbocycles. The number of rotatable bonds is 5. The number of ether oxygens (including phenoxy) is 1. The van der Waals surface area contributed by atoms with Gasteiger partial charge in [0.25, 0.3) is 15.9 Å². The number of carbonyl (C=O) groups is 1. The highest BCUT2D eigenvalue weighted by atomic mass is 32.2. The van der Waals surface area contributed by atoms with Gasteiger partial charge in [-0.1, -0.05) is 66.7 Å². The summed E-state index contributed by atoms with van der Waals surface area (Å²) in [6.07, 6.45) is 1.98. The number of nitrogens with one attached hydrogen (secondary N) is 1. The van der Waals surface area contributed by atoms with Gasteiger partial charge < -0.3 is 4.74 Å². The first-order chi connectivity index (χ1) is 17.5. The van der Waals surface area contributed by atoms with E-state index in [1.54, 1.807) is 25.3 Å². The van der Waals surface area contributed by atoms with E-state index >= 15 is 0 Å². The van der Waals surface area contributed by atoms with Crippen LogP contribution in [0, 0.1) is 0 Å². The molecule has 0 bridgehead atoms. The Morgan fingerprint density at radius 3 is 2.36 bits per heavy atom. The van der Waals surface area contributed by atoms with E-state index in [1.165, 1.54) is 9.31 Å². The number of hydrogen-bond acceptors (Lipinski definition) is 5.